The van der Waals surface area contributed by atoms with Crippen LogP contribution in [0.5, 0.6) is 5.75 Å². The van der Waals surface area contributed by atoms with Gasteiger partial charge >= 0.3 is 11.9 Å². The fraction of sp³-hybridized carbons (Fsp3) is 0.627. The molecular formula is C51H79N11O17S. The molecule has 446 valence electrons. The Labute approximate surface area is 468 Å². The lowest BCUT2D eigenvalue weighted by molar-refractivity contribution is -0.142. The van der Waals surface area contributed by atoms with E-state index in [9.17, 15) is 77.6 Å². The van der Waals surface area contributed by atoms with Gasteiger partial charge in [0.2, 0.25) is 65.0 Å². The molecule has 2 rings (SSSR count). The zero-order chi connectivity index (χ0) is 60.6. The number of phenolic OH excluding ortho intramolecular Hbond substituents is 1. The summed E-state index contributed by atoms with van der Waals surface area (Å²) < 4.78 is 0. The molecule has 0 bridgehead atoms. The van der Waals surface area contributed by atoms with Crippen molar-refractivity contribution in [3.05, 3.63) is 29.8 Å². The predicted molar refractivity (Wildman–Crippen MR) is 288 cm³/mol. The quantitative estimate of drug-likeness (QED) is 0.0305. The third-order valence-corrected chi connectivity index (χ3v) is 13.2. The molecule has 1 aliphatic rings. The minimum Gasteiger partial charge on any atom is -0.508 e. The van der Waals surface area contributed by atoms with Crippen molar-refractivity contribution in [2.24, 2.45) is 17.6 Å². The number of nitrogens with one attached hydrogen (secondary N) is 9. The van der Waals surface area contributed by atoms with E-state index in [1.165, 1.54) is 43.0 Å². The van der Waals surface area contributed by atoms with Crippen LogP contribution < -0.4 is 53.6 Å². The molecule has 0 saturated carbocycles. The third kappa shape index (κ3) is 22.3. The maximum Gasteiger partial charge on any atom is 0.305 e. The lowest BCUT2D eigenvalue weighted by Crippen LogP contribution is -2.62. The molecule has 0 radical (unpaired) electrons. The van der Waals surface area contributed by atoms with Crippen molar-refractivity contribution >= 4 is 89.5 Å². The average molecular weight is 1150 g/mol. The number of benzene rings is 1. The molecule has 15 N–H and O–H groups in total. The van der Waals surface area contributed by atoms with Gasteiger partial charge < -0.3 is 78.9 Å². The molecule has 1 aliphatic heterocycles. The molecule has 1 fully saturated rings. The second-order valence-corrected chi connectivity index (χ2v) is 20.4. The number of nitrogens with zero attached hydrogens (tertiary/aromatic N) is 1. The molecule has 1 aromatic rings. The first-order valence-electron chi connectivity index (χ1n) is 26.3. The number of primary amides is 1. The van der Waals surface area contributed by atoms with Crippen LogP contribution in [0.1, 0.15) is 112 Å². The molecule has 0 aliphatic carbocycles. The van der Waals surface area contributed by atoms with Crippen molar-refractivity contribution in [3.8, 4) is 5.75 Å². The molecule has 11 amide bonds. The summed E-state index contributed by atoms with van der Waals surface area (Å²) in [5, 5.41) is 60.4. The molecule has 1 aromatic carbocycles. The molecule has 1 saturated heterocycles. The van der Waals surface area contributed by atoms with Gasteiger partial charge in [0.1, 0.15) is 66.2 Å². The molecule has 0 spiro atoms. The third-order valence-electron chi connectivity index (χ3n) is 12.9. The van der Waals surface area contributed by atoms with Crippen LogP contribution >= 0.6 is 12.6 Å². The number of aliphatic carboxylic acids is 2. The highest BCUT2D eigenvalue weighted by Gasteiger charge is 2.41. The number of likely N-dealkylation sites (tertiary alicyclic amines) is 1. The number of aliphatic hydroxyl groups is 1. The van der Waals surface area contributed by atoms with Gasteiger partial charge in [-0.3, -0.25) is 62.3 Å². The number of phenols is 1. The summed E-state index contributed by atoms with van der Waals surface area (Å²) in [7, 11) is 0. The normalized spacial score (nSPS) is 16.4. The molecule has 29 heteroatoms. The fourth-order valence-corrected chi connectivity index (χ4v) is 8.60. The Bertz CT molecular complexity index is 2380. The first kappa shape index (κ1) is 68.5. The molecule has 28 nitrogen and oxygen atoms in total. The van der Waals surface area contributed by atoms with Gasteiger partial charge in [-0.25, -0.2) is 0 Å². The van der Waals surface area contributed by atoms with Gasteiger partial charge in [-0.2, -0.15) is 12.6 Å². The van der Waals surface area contributed by atoms with E-state index in [-0.39, 0.29) is 43.7 Å². The van der Waals surface area contributed by atoms with Gasteiger partial charge in [-0.05, 0) is 61.6 Å². The van der Waals surface area contributed by atoms with E-state index in [0.29, 0.717) is 24.8 Å². The minimum atomic E-state index is -1.81. The predicted octanol–water partition coefficient (Wildman–Crippen LogP) is -3.03. The number of carbonyl (C=O) groups is 13. The Kier molecular flexibility index (Phi) is 28.9. The Morgan fingerprint density at radius 3 is 1.61 bits per heavy atom. The number of carboxylic acid groups (broad SMARTS) is 2. The summed E-state index contributed by atoms with van der Waals surface area (Å²) in [5.74, 6) is -14.1. The van der Waals surface area contributed by atoms with Crippen LogP contribution in [0.25, 0.3) is 0 Å². The highest BCUT2D eigenvalue weighted by molar-refractivity contribution is 7.80. The number of aromatic hydroxyl groups is 1. The number of thiol groups is 1. The van der Waals surface area contributed by atoms with E-state index in [1.807, 2.05) is 6.92 Å². The van der Waals surface area contributed by atoms with E-state index in [2.05, 4.69) is 60.5 Å². The van der Waals surface area contributed by atoms with Crippen LogP contribution in [0.3, 0.4) is 0 Å². The summed E-state index contributed by atoms with van der Waals surface area (Å²) in [6, 6.07) is -8.09. The first-order valence-corrected chi connectivity index (χ1v) is 26.9. The number of carboxylic acids is 2. The van der Waals surface area contributed by atoms with Crippen LogP contribution in [0, 0.1) is 11.8 Å². The van der Waals surface area contributed by atoms with Gasteiger partial charge in [0.15, 0.2) is 0 Å². The molecule has 0 unspecified atom stereocenters. The van der Waals surface area contributed by atoms with Crippen molar-refractivity contribution in [2.75, 3.05) is 18.9 Å². The van der Waals surface area contributed by atoms with E-state index >= 15 is 0 Å². The Hall–Kier alpha value is -7.56. The van der Waals surface area contributed by atoms with Gasteiger partial charge in [0.25, 0.3) is 0 Å². The fourth-order valence-electron chi connectivity index (χ4n) is 8.35. The molecule has 1 heterocycles. The number of aliphatic hydroxyl groups excluding tert-OH is 1. The van der Waals surface area contributed by atoms with Crippen LogP contribution in [0.15, 0.2) is 24.3 Å². The van der Waals surface area contributed by atoms with Crippen molar-refractivity contribution in [1.82, 2.24) is 52.8 Å². The Morgan fingerprint density at radius 2 is 1.11 bits per heavy atom. The number of carbonyl (C=O) groups excluding carboxylic acids is 11. The largest absolute Gasteiger partial charge is 0.508 e. The van der Waals surface area contributed by atoms with E-state index in [0.717, 1.165) is 6.92 Å². The lowest BCUT2D eigenvalue weighted by Gasteiger charge is -2.31. The lowest BCUT2D eigenvalue weighted by atomic mass is 9.98. The van der Waals surface area contributed by atoms with E-state index in [4.69, 9.17) is 10.8 Å². The summed E-state index contributed by atoms with van der Waals surface area (Å²) in [5.41, 5.74) is 6.06. The summed E-state index contributed by atoms with van der Waals surface area (Å²) in [6.45, 7) is 9.86. The molecule has 80 heavy (non-hydrogen) atoms. The van der Waals surface area contributed by atoms with Gasteiger partial charge in [0.05, 0.1) is 13.0 Å². The second-order valence-electron chi connectivity index (χ2n) is 20.0. The minimum absolute atomic E-state index is 0.0232. The second kappa shape index (κ2) is 33.8. The highest BCUT2D eigenvalue weighted by Crippen LogP contribution is 2.20. The van der Waals surface area contributed by atoms with Crippen LogP contribution in [-0.2, 0) is 68.7 Å². The first-order chi connectivity index (χ1) is 37.6. The maximum absolute atomic E-state index is 14.1. The number of rotatable bonds is 34. The average Bonchev–Trinajstić information content (AvgIpc) is 3.89. The standard InChI is InChI=1S/C51H79N11O17S/c1-8-10-12-31(44(72)58-35(23-63)47(75)56-33(42(52)70)21-28-14-16-29(65)17-15-28)55-48(76)37-13-11-20-62(37)51(79)36(24-80)59-43(71)30(9-2)54-49(77)40(25(3)4)61-50(78)41(26(5)6)60-46(74)34(22-39(68)69)57-45(73)32(53-27(7)64)18-19-38(66)67/h14-17,25-26,30-37,40-41,63,65,80H,8-13,18-24H2,1-7H3,(H2,52,70)(H,53,64)(H,54,77)(H,55,76)(H,56,75)(H,57,73)(H,58,72)(H,59,71)(H,60,74)(H,61,78)(H,66,67)(H,68,69)/t30-,31-,32-,33-,34-,35-,36-,37-,40-,41-/m0/s1. The number of unbranched alkanes of at least 4 members (excludes halogenated alkanes) is 1. The SMILES string of the molecule is CCCC[C@H](NC(=O)[C@@H]1CCCN1C(=O)[C@H](CS)NC(=O)[C@H](CC)NC(=O)[C@@H](NC(=O)[C@@H](NC(=O)[C@H](CC(=O)O)NC(=O)[C@H](CCC(=O)O)NC(C)=O)C(C)C)C(C)C)C(=O)N[C@@H](CO)C(=O)N[C@@H](Cc1ccc(O)cc1)C(N)=O. The van der Waals surface area contributed by atoms with Crippen molar-refractivity contribution in [3.63, 3.8) is 0 Å². The van der Waals surface area contributed by atoms with Crippen LogP contribution in [-0.4, -0.2) is 182 Å². The number of hydrogen-bond acceptors (Lipinski definition) is 16. The van der Waals surface area contributed by atoms with E-state index < -0.39 is 175 Å². The topological polar surface area (TPSA) is 440 Å². The molecule has 0 aromatic heterocycles. The smallest absolute Gasteiger partial charge is 0.305 e. The van der Waals surface area contributed by atoms with Crippen LogP contribution in [0.2, 0.25) is 0 Å². The van der Waals surface area contributed by atoms with Gasteiger partial charge in [0, 0.05) is 32.1 Å². The van der Waals surface area contributed by atoms with Crippen LogP contribution in [0.4, 0.5) is 0 Å². The zero-order valence-corrected chi connectivity index (χ0v) is 46.9. The highest BCUT2D eigenvalue weighted by atomic mass is 32.1. The van der Waals surface area contributed by atoms with Gasteiger partial charge in [-0.15, -0.1) is 0 Å². The zero-order valence-electron chi connectivity index (χ0n) is 46.0. The molecular weight excluding hydrogens is 1070 g/mol. The Morgan fingerprint density at radius 1 is 0.625 bits per heavy atom. The summed E-state index contributed by atoms with van der Waals surface area (Å²) in [6.07, 6.45) is -0.382. The van der Waals surface area contributed by atoms with Gasteiger partial charge in [-0.1, -0.05) is 66.5 Å². The van der Waals surface area contributed by atoms with Crippen molar-refractivity contribution in [1.29, 1.82) is 0 Å². The number of hydrogen-bond donors (Lipinski definition) is 15. The Balaban J connectivity index is 2.20. The number of nitrogens with two attached hydrogens (primary N) is 1. The summed E-state index contributed by atoms with van der Waals surface area (Å²) in [4.78, 5) is 171. The number of amides is 11. The molecule has 10 atom stereocenters. The monoisotopic (exact) mass is 1150 g/mol. The maximum atomic E-state index is 14.1. The van der Waals surface area contributed by atoms with E-state index in [1.54, 1.807) is 20.8 Å². The van der Waals surface area contributed by atoms with Crippen molar-refractivity contribution < 1.29 is 82.8 Å². The summed E-state index contributed by atoms with van der Waals surface area (Å²) >= 11 is 4.29. The van der Waals surface area contributed by atoms with Crippen molar-refractivity contribution in [2.45, 2.75) is 173 Å².